The number of rotatable bonds is 4. The largest absolute Gasteiger partial charge is 0.417 e. The van der Waals surface area contributed by atoms with E-state index < -0.39 is 11.6 Å². The Bertz CT molecular complexity index is 591. The topological polar surface area (TPSA) is 47.3 Å². The molecule has 1 heterocycles. The van der Waals surface area contributed by atoms with E-state index in [1.54, 1.807) is 0 Å². The Labute approximate surface area is 115 Å². The van der Waals surface area contributed by atoms with Crippen molar-refractivity contribution in [1.29, 1.82) is 0 Å². The molecule has 6 heteroatoms. The molecule has 0 atom stereocenters. The molecule has 108 valence electrons. The number of nitrogens with one attached hydrogen (secondary N) is 1. The second-order valence-electron chi connectivity index (χ2n) is 5.36. The highest BCUT2D eigenvalue weighted by molar-refractivity contribution is 5.27. The van der Waals surface area contributed by atoms with Crippen LogP contribution in [0.1, 0.15) is 26.5 Å². The molecule has 0 aliphatic rings. The van der Waals surface area contributed by atoms with Crippen LogP contribution in [0.15, 0.2) is 28.9 Å². The van der Waals surface area contributed by atoms with Crippen LogP contribution in [0.2, 0.25) is 0 Å². The first-order chi connectivity index (χ1) is 9.35. The van der Waals surface area contributed by atoms with Gasteiger partial charge in [0.25, 0.3) is 0 Å². The molecule has 2 aromatic rings. The molecule has 0 spiro atoms. The number of hydrogen-bond acceptors (Lipinski definition) is 4. The van der Waals surface area contributed by atoms with Gasteiger partial charge in [-0.25, -0.2) is 4.39 Å². The lowest BCUT2D eigenvalue weighted by molar-refractivity contribution is 0.313. The Morgan fingerprint density at radius 2 is 2.05 bits per heavy atom. The van der Waals surface area contributed by atoms with Crippen LogP contribution in [0.25, 0.3) is 0 Å². The predicted octanol–water partition coefficient (Wildman–Crippen LogP) is 3.63. The summed E-state index contributed by atoms with van der Waals surface area (Å²) in [6.07, 6.45) is 1.28. The van der Waals surface area contributed by atoms with E-state index in [2.05, 4.69) is 10.3 Å². The van der Waals surface area contributed by atoms with Crippen LogP contribution in [-0.2, 0) is 6.54 Å². The summed E-state index contributed by atoms with van der Waals surface area (Å²) < 4.78 is 36.6. The molecule has 1 aromatic carbocycles. The predicted molar refractivity (Wildman–Crippen MR) is 69.5 cm³/mol. The summed E-state index contributed by atoms with van der Waals surface area (Å²) in [5.74, 6) is -2.31. The van der Waals surface area contributed by atoms with E-state index in [1.165, 1.54) is 18.4 Å². The van der Waals surface area contributed by atoms with Crippen LogP contribution in [0.3, 0.4) is 0 Å². The average Bonchev–Trinajstić information content (AvgIpc) is 2.80. The van der Waals surface area contributed by atoms with E-state index in [0.29, 0.717) is 12.2 Å². The zero-order valence-electron chi connectivity index (χ0n) is 11.5. The minimum Gasteiger partial charge on any atom is -0.417 e. The summed E-state index contributed by atoms with van der Waals surface area (Å²) >= 11 is 0. The number of benzene rings is 1. The Balaban J connectivity index is 2.04. The van der Waals surface area contributed by atoms with Gasteiger partial charge < -0.3 is 14.5 Å². The van der Waals surface area contributed by atoms with Crippen molar-refractivity contribution in [2.75, 3.05) is 0 Å². The Morgan fingerprint density at radius 3 is 2.75 bits per heavy atom. The van der Waals surface area contributed by atoms with Crippen molar-refractivity contribution in [2.24, 2.45) is 0 Å². The fraction of sp³-hybridized carbons (Fsp3) is 0.357. The number of hydrogen-bond donors (Lipinski definition) is 1. The van der Waals surface area contributed by atoms with E-state index in [0.717, 1.165) is 6.07 Å². The van der Waals surface area contributed by atoms with Crippen LogP contribution in [0, 0.1) is 11.6 Å². The zero-order chi connectivity index (χ0) is 14.8. The maximum Gasteiger partial charge on any atom is 0.399 e. The van der Waals surface area contributed by atoms with Gasteiger partial charge in [-0.15, -0.1) is 0 Å². The molecule has 0 aliphatic carbocycles. The molecule has 0 saturated heterocycles. The minimum absolute atomic E-state index is 0.0609. The number of oxazole rings is 1. The second-order valence-corrected chi connectivity index (χ2v) is 5.36. The van der Waals surface area contributed by atoms with Gasteiger partial charge in [0.1, 0.15) is 6.26 Å². The summed E-state index contributed by atoms with van der Waals surface area (Å²) in [5.41, 5.74) is 0.556. The van der Waals surface area contributed by atoms with E-state index in [-0.39, 0.29) is 17.4 Å². The van der Waals surface area contributed by atoms with Gasteiger partial charge in [-0.05, 0) is 32.9 Å². The lowest BCUT2D eigenvalue weighted by atomic mass is 10.1. The molecule has 0 aliphatic heterocycles. The van der Waals surface area contributed by atoms with Crippen LogP contribution < -0.4 is 10.1 Å². The molecule has 4 nitrogen and oxygen atoms in total. The Kier molecular flexibility index (Phi) is 4.04. The van der Waals surface area contributed by atoms with E-state index in [9.17, 15) is 8.78 Å². The van der Waals surface area contributed by atoms with E-state index in [4.69, 9.17) is 9.15 Å². The molecule has 0 amide bonds. The standard InChI is InChI=1S/C14H16F2N2O2/c1-14(2,3)17-7-9-8-19-13(18-9)20-11-6-4-5-10(15)12(11)16/h4-6,8,17H,7H2,1-3H3. The molecule has 0 fully saturated rings. The average molecular weight is 282 g/mol. The van der Waals surface area contributed by atoms with Crippen molar-refractivity contribution in [3.05, 3.63) is 41.8 Å². The van der Waals surface area contributed by atoms with Crippen LogP contribution >= 0.6 is 0 Å². The SMILES string of the molecule is CC(C)(C)NCc1coc(Oc2cccc(F)c2F)n1. The smallest absolute Gasteiger partial charge is 0.399 e. The molecule has 2 rings (SSSR count). The molecule has 1 aromatic heterocycles. The molecule has 0 saturated carbocycles. The minimum atomic E-state index is -1.07. The first-order valence-electron chi connectivity index (χ1n) is 6.16. The van der Waals surface area contributed by atoms with Gasteiger partial charge in [0.15, 0.2) is 11.6 Å². The van der Waals surface area contributed by atoms with Crippen molar-refractivity contribution < 1.29 is 17.9 Å². The zero-order valence-corrected chi connectivity index (χ0v) is 11.5. The summed E-state index contributed by atoms with van der Waals surface area (Å²) in [7, 11) is 0. The summed E-state index contributed by atoms with van der Waals surface area (Å²) in [6, 6.07) is 3.66. The lowest BCUT2D eigenvalue weighted by Gasteiger charge is -2.19. The van der Waals surface area contributed by atoms with Gasteiger partial charge in [-0.3, -0.25) is 0 Å². The molecule has 0 unspecified atom stereocenters. The number of aromatic nitrogens is 1. The van der Waals surface area contributed by atoms with Gasteiger partial charge in [-0.2, -0.15) is 9.37 Å². The van der Waals surface area contributed by atoms with E-state index in [1.807, 2.05) is 20.8 Å². The molecule has 20 heavy (non-hydrogen) atoms. The first-order valence-corrected chi connectivity index (χ1v) is 6.16. The van der Waals surface area contributed by atoms with Crippen molar-refractivity contribution in [3.8, 4) is 11.8 Å². The molecule has 0 radical (unpaired) electrons. The van der Waals surface area contributed by atoms with Crippen molar-refractivity contribution in [1.82, 2.24) is 10.3 Å². The molecular weight excluding hydrogens is 266 g/mol. The Morgan fingerprint density at radius 1 is 1.30 bits per heavy atom. The maximum absolute atomic E-state index is 13.4. The monoisotopic (exact) mass is 282 g/mol. The molecule has 1 N–H and O–H groups in total. The second kappa shape index (κ2) is 5.58. The molecule has 0 bridgehead atoms. The normalized spacial score (nSPS) is 11.7. The van der Waals surface area contributed by atoms with Crippen molar-refractivity contribution >= 4 is 0 Å². The first kappa shape index (κ1) is 14.5. The number of ether oxygens (including phenoxy) is 1. The van der Waals surface area contributed by atoms with Gasteiger partial charge in [0.2, 0.25) is 5.82 Å². The lowest BCUT2D eigenvalue weighted by Crippen LogP contribution is -2.35. The van der Waals surface area contributed by atoms with E-state index >= 15 is 0 Å². The summed E-state index contributed by atoms with van der Waals surface area (Å²) in [4.78, 5) is 4.04. The molecular formula is C14H16F2N2O2. The van der Waals surface area contributed by atoms with Gasteiger partial charge >= 0.3 is 6.08 Å². The van der Waals surface area contributed by atoms with Crippen molar-refractivity contribution in [3.63, 3.8) is 0 Å². The fourth-order valence-corrected chi connectivity index (χ4v) is 1.43. The van der Waals surface area contributed by atoms with Crippen LogP contribution in [0.4, 0.5) is 8.78 Å². The third-order valence-electron chi connectivity index (χ3n) is 2.44. The highest BCUT2D eigenvalue weighted by Crippen LogP contribution is 2.25. The number of halogens is 2. The third kappa shape index (κ3) is 3.77. The summed E-state index contributed by atoms with van der Waals surface area (Å²) in [5, 5.41) is 3.22. The van der Waals surface area contributed by atoms with Crippen LogP contribution in [-0.4, -0.2) is 10.5 Å². The fourth-order valence-electron chi connectivity index (χ4n) is 1.43. The summed E-state index contributed by atoms with van der Waals surface area (Å²) in [6.45, 7) is 6.55. The number of nitrogens with zero attached hydrogens (tertiary/aromatic N) is 1. The highest BCUT2D eigenvalue weighted by Gasteiger charge is 2.14. The third-order valence-corrected chi connectivity index (χ3v) is 2.44. The Hall–Kier alpha value is -1.95. The van der Waals surface area contributed by atoms with Gasteiger partial charge in [0.05, 0.1) is 5.69 Å². The van der Waals surface area contributed by atoms with Gasteiger partial charge in [-0.1, -0.05) is 6.07 Å². The quantitative estimate of drug-likeness (QED) is 0.930. The highest BCUT2D eigenvalue weighted by atomic mass is 19.2. The van der Waals surface area contributed by atoms with Gasteiger partial charge in [0, 0.05) is 12.1 Å². The maximum atomic E-state index is 13.4. The van der Waals surface area contributed by atoms with Crippen LogP contribution in [0.5, 0.6) is 11.8 Å². The van der Waals surface area contributed by atoms with Crippen molar-refractivity contribution in [2.45, 2.75) is 32.9 Å².